The van der Waals surface area contributed by atoms with Crippen molar-refractivity contribution in [3.63, 3.8) is 0 Å². The number of nitrogen functional groups attached to an aromatic ring is 1. The summed E-state index contributed by atoms with van der Waals surface area (Å²) < 4.78 is 38.7. The summed E-state index contributed by atoms with van der Waals surface area (Å²) in [5.41, 5.74) is 4.80. The van der Waals surface area contributed by atoms with Crippen molar-refractivity contribution < 1.29 is 18.3 Å². The van der Waals surface area contributed by atoms with Crippen molar-refractivity contribution in [1.82, 2.24) is 9.78 Å². The molecule has 7 heteroatoms. The van der Waals surface area contributed by atoms with Crippen LogP contribution in [0.2, 0.25) is 0 Å². The van der Waals surface area contributed by atoms with Crippen molar-refractivity contribution in [3.8, 4) is 0 Å². The summed E-state index contributed by atoms with van der Waals surface area (Å²) >= 11 is 0. The molecule has 17 heavy (non-hydrogen) atoms. The number of halogens is 3. The predicted octanol–water partition coefficient (Wildman–Crippen LogP) is 2.12. The first-order valence-corrected chi connectivity index (χ1v) is 5.06. The molecular formula is C10H16F3N3O. The van der Waals surface area contributed by atoms with Gasteiger partial charge in [-0.15, -0.1) is 0 Å². The highest BCUT2D eigenvalue weighted by molar-refractivity contribution is 5.46. The lowest BCUT2D eigenvalue weighted by molar-refractivity contribution is -0.206. The van der Waals surface area contributed by atoms with Gasteiger partial charge in [0.2, 0.25) is 0 Å². The van der Waals surface area contributed by atoms with Gasteiger partial charge in [-0.1, -0.05) is 0 Å². The molecule has 0 fully saturated rings. The van der Waals surface area contributed by atoms with E-state index in [9.17, 15) is 18.3 Å². The van der Waals surface area contributed by atoms with Gasteiger partial charge in [0, 0.05) is 0 Å². The van der Waals surface area contributed by atoms with E-state index in [4.69, 9.17) is 5.73 Å². The number of rotatable bonds is 1. The number of aromatic nitrogens is 2. The first kappa shape index (κ1) is 13.8. The van der Waals surface area contributed by atoms with Crippen molar-refractivity contribution >= 4 is 5.82 Å². The van der Waals surface area contributed by atoms with Crippen LogP contribution in [0.5, 0.6) is 0 Å². The van der Waals surface area contributed by atoms with Gasteiger partial charge in [0.1, 0.15) is 5.82 Å². The highest BCUT2D eigenvalue weighted by Crippen LogP contribution is 2.38. The smallest absolute Gasteiger partial charge is 0.384 e. The molecule has 0 saturated heterocycles. The molecule has 0 bridgehead atoms. The molecule has 0 spiro atoms. The predicted molar refractivity (Wildman–Crippen MR) is 57.4 cm³/mol. The molecule has 1 aromatic heterocycles. The maximum absolute atomic E-state index is 12.5. The maximum atomic E-state index is 12.5. The molecule has 1 aromatic rings. The fourth-order valence-electron chi connectivity index (χ4n) is 1.57. The van der Waals surface area contributed by atoms with E-state index >= 15 is 0 Å². The third kappa shape index (κ3) is 2.54. The topological polar surface area (TPSA) is 64.1 Å². The Kier molecular flexibility index (Phi) is 3.17. The molecular weight excluding hydrogens is 235 g/mol. The minimum absolute atomic E-state index is 0.0854. The monoisotopic (exact) mass is 251 g/mol. The van der Waals surface area contributed by atoms with Gasteiger partial charge in [0.25, 0.3) is 0 Å². The summed E-state index contributed by atoms with van der Waals surface area (Å²) in [6.07, 6.45) is -7.34. The Morgan fingerprint density at radius 3 is 2.06 bits per heavy atom. The molecule has 0 aliphatic carbocycles. The van der Waals surface area contributed by atoms with Crippen LogP contribution < -0.4 is 5.73 Å². The number of nitrogens with two attached hydrogens (primary N) is 1. The average Bonchev–Trinajstić information content (AvgIpc) is 2.38. The van der Waals surface area contributed by atoms with Crippen LogP contribution in [0.3, 0.4) is 0 Å². The lowest BCUT2D eigenvalue weighted by atomic mass is 10.1. The molecule has 4 nitrogen and oxygen atoms in total. The number of anilines is 1. The van der Waals surface area contributed by atoms with Crippen LogP contribution in [-0.2, 0) is 5.54 Å². The highest BCUT2D eigenvalue weighted by Gasteiger charge is 2.43. The number of hydrogen-bond donors (Lipinski definition) is 2. The van der Waals surface area contributed by atoms with Gasteiger partial charge in [-0.2, -0.15) is 18.3 Å². The van der Waals surface area contributed by atoms with Crippen molar-refractivity contribution in [1.29, 1.82) is 0 Å². The molecule has 1 atom stereocenters. The molecule has 0 aromatic carbocycles. The molecule has 1 unspecified atom stereocenters. The minimum atomic E-state index is -4.75. The van der Waals surface area contributed by atoms with Crippen LogP contribution in [0, 0.1) is 6.92 Å². The Morgan fingerprint density at radius 2 is 1.76 bits per heavy atom. The van der Waals surface area contributed by atoms with Crippen LogP contribution >= 0.6 is 0 Å². The third-order valence-electron chi connectivity index (χ3n) is 2.36. The summed E-state index contributed by atoms with van der Waals surface area (Å²) in [4.78, 5) is 0. The zero-order valence-electron chi connectivity index (χ0n) is 10.1. The zero-order chi connectivity index (χ0) is 13.6. The van der Waals surface area contributed by atoms with Crippen molar-refractivity contribution in [2.45, 2.75) is 45.5 Å². The molecule has 0 radical (unpaired) electrons. The molecule has 1 heterocycles. The van der Waals surface area contributed by atoms with Gasteiger partial charge in [0.15, 0.2) is 6.10 Å². The average molecular weight is 251 g/mol. The Balaban J connectivity index is 3.33. The second-order valence-corrected chi connectivity index (χ2v) is 4.91. The van der Waals surface area contributed by atoms with Crippen molar-refractivity contribution in [3.05, 3.63) is 11.3 Å². The summed E-state index contributed by atoms with van der Waals surface area (Å²) in [5.74, 6) is -0.153. The fraction of sp³-hybridized carbons (Fsp3) is 0.700. The van der Waals surface area contributed by atoms with Gasteiger partial charge in [-0.05, 0) is 27.7 Å². The zero-order valence-corrected chi connectivity index (χ0v) is 10.1. The number of nitrogens with zero attached hydrogens (tertiary/aromatic N) is 2. The van der Waals surface area contributed by atoms with E-state index in [1.807, 2.05) is 0 Å². The largest absolute Gasteiger partial charge is 0.418 e. The molecule has 3 N–H and O–H groups in total. The molecule has 0 amide bonds. The number of aryl methyl sites for hydroxylation is 1. The van der Waals surface area contributed by atoms with E-state index < -0.39 is 17.8 Å². The van der Waals surface area contributed by atoms with Gasteiger partial charge < -0.3 is 10.8 Å². The minimum Gasteiger partial charge on any atom is -0.384 e. The lowest BCUT2D eigenvalue weighted by Crippen LogP contribution is -2.26. The number of hydrogen-bond acceptors (Lipinski definition) is 3. The Bertz CT molecular complexity index is 418. The first-order valence-electron chi connectivity index (χ1n) is 5.06. The number of alkyl halides is 3. The number of aliphatic hydroxyl groups excluding tert-OH is 1. The fourth-order valence-corrected chi connectivity index (χ4v) is 1.57. The molecule has 1 rings (SSSR count). The highest BCUT2D eigenvalue weighted by atomic mass is 19.4. The van der Waals surface area contributed by atoms with E-state index in [1.165, 1.54) is 11.6 Å². The summed E-state index contributed by atoms with van der Waals surface area (Å²) in [7, 11) is 0. The van der Waals surface area contributed by atoms with E-state index in [0.717, 1.165) is 0 Å². The van der Waals surface area contributed by atoms with Crippen LogP contribution in [0.15, 0.2) is 0 Å². The normalized spacial score (nSPS) is 15.1. The maximum Gasteiger partial charge on any atom is 0.418 e. The second-order valence-electron chi connectivity index (χ2n) is 4.91. The number of aliphatic hydroxyl groups is 1. The van der Waals surface area contributed by atoms with E-state index in [0.29, 0.717) is 0 Å². The molecule has 0 aliphatic rings. The second kappa shape index (κ2) is 3.90. The molecule has 0 saturated carbocycles. The van der Waals surface area contributed by atoms with Crippen LogP contribution in [0.4, 0.5) is 19.0 Å². The first-order chi connectivity index (χ1) is 7.46. The van der Waals surface area contributed by atoms with Crippen molar-refractivity contribution in [2.24, 2.45) is 0 Å². The van der Waals surface area contributed by atoms with Crippen LogP contribution in [0.1, 0.15) is 38.1 Å². The summed E-state index contributed by atoms with van der Waals surface area (Å²) in [5, 5.41) is 13.2. The SMILES string of the molecule is Cc1nn(C(C)(C)C)c(N)c1C(O)C(F)(F)F. The molecule has 98 valence electrons. The summed E-state index contributed by atoms with van der Waals surface area (Å²) in [6.45, 7) is 6.68. The molecule has 0 aliphatic heterocycles. The van der Waals surface area contributed by atoms with E-state index in [-0.39, 0.29) is 17.1 Å². The quantitative estimate of drug-likeness (QED) is 0.803. The Morgan fingerprint density at radius 1 is 1.29 bits per heavy atom. The van der Waals surface area contributed by atoms with Gasteiger partial charge in [-0.3, -0.25) is 0 Å². The Labute approximate surface area is 97.2 Å². The lowest BCUT2D eigenvalue weighted by Gasteiger charge is -2.21. The van der Waals surface area contributed by atoms with Gasteiger partial charge in [-0.25, -0.2) is 4.68 Å². The standard InChI is InChI=1S/C10H16F3N3O/c1-5-6(7(17)10(11,12)13)8(14)16(15-5)9(2,3)4/h7,17H,14H2,1-4H3. The van der Waals surface area contributed by atoms with E-state index in [1.54, 1.807) is 20.8 Å². The Hall–Kier alpha value is -1.24. The van der Waals surface area contributed by atoms with Crippen LogP contribution in [0.25, 0.3) is 0 Å². The summed E-state index contributed by atoms with van der Waals surface area (Å²) in [6, 6.07) is 0. The van der Waals surface area contributed by atoms with Crippen LogP contribution in [-0.4, -0.2) is 21.1 Å². The van der Waals surface area contributed by atoms with Gasteiger partial charge >= 0.3 is 6.18 Å². The third-order valence-corrected chi connectivity index (χ3v) is 2.36. The van der Waals surface area contributed by atoms with Gasteiger partial charge in [0.05, 0.1) is 16.8 Å². The van der Waals surface area contributed by atoms with E-state index in [2.05, 4.69) is 5.10 Å². The van der Waals surface area contributed by atoms with Crippen molar-refractivity contribution in [2.75, 3.05) is 5.73 Å².